The molecule has 0 aliphatic heterocycles. The Hall–Kier alpha value is 0.430. The smallest absolute Gasteiger partial charge is 0.0807 e. The van der Waals surface area contributed by atoms with Crippen molar-refractivity contribution < 1.29 is 5.11 Å². The van der Waals surface area contributed by atoms with Crippen molar-refractivity contribution in [1.29, 1.82) is 0 Å². The second-order valence-electron chi connectivity index (χ2n) is 3.11. The van der Waals surface area contributed by atoms with E-state index in [0.29, 0.717) is 0 Å². The summed E-state index contributed by atoms with van der Waals surface area (Å²) in [5.74, 6) is 0. The Morgan fingerprint density at radius 2 is 2.09 bits per heavy atom. The molecule has 0 bridgehead atoms. The van der Waals surface area contributed by atoms with Gasteiger partial charge in [0.25, 0.3) is 0 Å². The number of unbranched alkanes of at least 4 members (excludes halogenated alkanes) is 2. The van der Waals surface area contributed by atoms with E-state index in [1.54, 1.807) is 0 Å². The van der Waals surface area contributed by atoms with Crippen LogP contribution in [0.25, 0.3) is 0 Å². The van der Waals surface area contributed by atoms with Gasteiger partial charge in [-0.25, -0.2) is 0 Å². The summed E-state index contributed by atoms with van der Waals surface area (Å²) >= 11 is 2.13. The molecule has 0 saturated heterocycles. The van der Waals surface area contributed by atoms with Gasteiger partial charge in [-0.3, -0.25) is 0 Å². The number of rotatable bonds is 5. The Balaban J connectivity index is 3.55. The molecule has 2 heteroatoms. The number of hydrogen-bond donors (Lipinski definition) is 1. The van der Waals surface area contributed by atoms with Gasteiger partial charge in [0.05, 0.1) is 5.60 Å². The molecule has 1 atom stereocenters. The van der Waals surface area contributed by atoms with Gasteiger partial charge in [-0.2, -0.15) is 0 Å². The van der Waals surface area contributed by atoms with Crippen LogP contribution >= 0.6 is 22.6 Å². The van der Waals surface area contributed by atoms with Crippen molar-refractivity contribution in [3.63, 3.8) is 0 Å². The lowest BCUT2D eigenvalue weighted by Gasteiger charge is -2.17. The highest BCUT2D eigenvalue weighted by atomic mass is 127. The number of hydrogen-bond acceptors (Lipinski definition) is 1. The second kappa shape index (κ2) is 6.00. The lowest BCUT2D eigenvalue weighted by atomic mass is 9.99. The van der Waals surface area contributed by atoms with E-state index in [-0.39, 0.29) is 0 Å². The molecule has 66 valence electrons. The van der Waals surface area contributed by atoms with Gasteiger partial charge in [0.15, 0.2) is 0 Å². The third-order valence-corrected chi connectivity index (χ3v) is 2.07. The van der Waals surface area contributed by atoms with E-state index < -0.39 is 5.60 Å². The van der Waals surface area contributed by atoms with Crippen molar-refractivity contribution in [3.8, 4) is 0 Å². The van der Waals surface area contributed by atoms with Gasteiger partial charge in [0.2, 0.25) is 0 Å². The summed E-state index contributed by atoms with van der Waals surface area (Å²) in [6, 6.07) is 0. The second-order valence-corrected chi connectivity index (χ2v) is 3.83. The SMILES string of the molecule is CCCCCC(C)(O)/C=C/I. The van der Waals surface area contributed by atoms with Gasteiger partial charge < -0.3 is 5.11 Å². The average Bonchev–Trinajstić information content (AvgIpc) is 1.87. The molecule has 1 N–H and O–H groups in total. The molecular weight excluding hydrogens is 251 g/mol. The van der Waals surface area contributed by atoms with Gasteiger partial charge >= 0.3 is 0 Å². The van der Waals surface area contributed by atoms with Crippen molar-refractivity contribution >= 4 is 22.6 Å². The summed E-state index contributed by atoms with van der Waals surface area (Å²) in [4.78, 5) is 0. The van der Waals surface area contributed by atoms with E-state index in [1.807, 2.05) is 17.1 Å². The molecule has 0 radical (unpaired) electrons. The van der Waals surface area contributed by atoms with Crippen LogP contribution in [0.2, 0.25) is 0 Å². The van der Waals surface area contributed by atoms with Crippen molar-refractivity contribution in [2.24, 2.45) is 0 Å². The topological polar surface area (TPSA) is 20.2 Å². The summed E-state index contributed by atoms with van der Waals surface area (Å²) in [6.45, 7) is 4.03. The van der Waals surface area contributed by atoms with Crippen LogP contribution in [0.15, 0.2) is 10.2 Å². The zero-order chi connectivity index (χ0) is 8.74. The zero-order valence-corrected chi connectivity index (χ0v) is 9.47. The van der Waals surface area contributed by atoms with Crippen molar-refractivity contribution in [2.75, 3.05) is 0 Å². The third kappa shape index (κ3) is 6.81. The van der Waals surface area contributed by atoms with Crippen LogP contribution in [0.4, 0.5) is 0 Å². The van der Waals surface area contributed by atoms with Crippen molar-refractivity contribution in [3.05, 3.63) is 10.2 Å². The van der Waals surface area contributed by atoms with Crippen LogP contribution in [-0.2, 0) is 0 Å². The monoisotopic (exact) mass is 268 g/mol. The fraction of sp³-hybridized carbons (Fsp3) is 0.778. The molecule has 0 aliphatic carbocycles. The predicted molar refractivity (Wildman–Crippen MR) is 57.9 cm³/mol. The Kier molecular flexibility index (Phi) is 6.24. The average molecular weight is 268 g/mol. The zero-order valence-electron chi connectivity index (χ0n) is 7.31. The van der Waals surface area contributed by atoms with Crippen LogP contribution in [0, 0.1) is 0 Å². The highest BCUT2D eigenvalue weighted by molar-refractivity contribution is 14.1. The first-order chi connectivity index (χ1) is 5.12. The van der Waals surface area contributed by atoms with Gasteiger partial charge in [-0.05, 0) is 23.5 Å². The maximum Gasteiger partial charge on any atom is 0.0807 e. The van der Waals surface area contributed by atoms with Gasteiger partial charge in [0.1, 0.15) is 0 Å². The lowest BCUT2D eigenvalue weighted by Crippen LogP contribution is -2.19. The first-order valence-electron chi connectivity index (χ1n) is 4.12. The normalized spacial score (nSPS) is 17.1. The summed E-state index contributed by atoms with van der Waals surface area (Å²) in [6.07, 6.45) is 6.27. The summed E-state index contributed by atoms with van der Waals surface area (Å²) in [7, 11) is 0. The van der Waals surface area contributed by atoms with Crippen molar-refractivity contribution in [1.82, 2.24) is 0 Å². The van der Waals surface area contributed by atoms with Gasteiger partial charge in [0, 0.05) is 0 Å². The van der Waals surface area contributed by atoms with E-state index in [2.05, 4.69) is 29.5 Å². The minimum atomic E-state index is -0.587. The first-order valence-corrected chi connectivity index (χ1v) is 5.37. The molecule has 0 aromatic heterocycles. The lowest BCUT2D eigenvalue weighted by molar-refractivity contribution is 0.0989. The molecule has 1 unspecified atom stereocenters. The maximum absolute atomic E-state index is 9.65. The minimum Gasteiger partial charge on any atom is -0.386 e. The molecule has 0 amide bonds. The predicted octanol–water partition coefficient (Wildman–Crippen LogP) is 3.27. The van der Waals surface area contributed by atoms with E-state index in [1.165, 1.54) is 12.8 Å². The van der Waals surface area contributed by atoms with Gasteiger partial charge in [-0.15, -0.1) is 0 Å². The molecule has 0 heterocycles. The quantitative estimate of drug-likeness (QED) is 0.599. The summed E-state index contributed by atoms with van der Waals surface area (Å²) in [5.41, 5.74) is -0.587. The molecule has 1 nitrogen and oxygen atoms in total. The largest absolute Gasteiger partial charge is 0.386 e. The Morgan fingerprint density at radius 1 is 1.45 bits per heavy atom. The molecule has 0 aromatic carbocycles. The summed E-state index contributed by atoms with van der Waals surface area (Å²) < 4.78 is 1.88. The standard InChI is InChI=1S/C9H17IO/c1-3-4-5-6-9(2,11)7-8-10/h7-8,11H,3-6H2,1-2H3/b8-7+. The highest BCUT2D eigenvalue weighted by Gasteiger charge is 2.14. The molecular formula is C9H17IO. The molecule has 0 aliphatic rings. The highest BCUT2D eigenvalue weighted by Crippen LogP contribution is 2.16. The molecule has 0 fully saturated rings. The molecule has 11 heavy (non-hydrogen) atoms. The maximum atomic E-state index is 9.65. The Morgan fingerprint density at radius 3 is 2.55 bits per heavy atom. The van der Waals surface area contributed by atoms with E-state index in [0.717, 1.165) is 12.8 Å². The number of aliphatic hydroxyl groups is 1. The van der Waals surface area contributed by atoms with Gasteiger partial charge in [-0.1, -0.05) is 48.8 Å². The Bertz CT molecular complexity index is 119. The number of halogens is 1. The minimum absolute atomic E-state index is 0.587. The Labute approximate surface area is 83.0 Å². The fourth-order valence-electron chi connectivity index (χ4n) is 0.952. The van der Waals surface area contributed by atoms with Crippen LogP contribution in [0.5, 0.6) is 0 Å². The van der Waals surface area contributed by atoms with E-state index >= 15 is 0 Å². The molecule has 0 aromatic rings. The van der Waals surface area contributed by atoms with Crippen LogP contribution < -0.4 is 0 Å². The first kappa shape index (κ1) is 11.4. The van der Waals surface area contributed by atoms with Crippen LogP contribution in [-0.4, -0.2) is 10.7 Å². The molecule has 0 saturated carbocycles. The van der Waals surface area contributed by atoms with Crippen LogP contribution in [0.3, 0.4) is 0 Å². The van der Waals surface area contributed by atoms with E-state index in [9.17, 15) is 5.11 Å². The van der Waals surface area contributed by atoms with Crippen LogP contribution in [0.1, 0.15) is 39.5 Å². The molecule has 0 rings (SSSR count). The van der Waals surface area contributed by atoms with E-state index in [4.69, 9.17) is 0 Å². The van der Waals surface area contributed by atoms with Crippen molar-refractivity contribution in [2.45, 2.75) is 45.1 Å². The summed E-state index contributed by atoms with van der Waals surface area (Å²) in [5, 5.41) is 9.65. The third-order valence-electron chi connectivity index (χ3n) is 1.71. The molecule has 0 spiro atoms. The fourth-order valence-corrected chi connectivity index (χ4v) is 1.73.